The molecule has 2 atom stereocenters. The molecule has 0 unspecified atom stereocenters. The second-order valence-electron chi connectivity index (χ2n) is 3.64. The van der Waals surface area contributed by atoms with Crippen LogP contribution in [0, 0.1) is 0 Å². The maximum Gasteiger partial charge on any atom is 0.404 e. The van der Waals surface area contributed by atoms with E-state index in [1.54, 1.807) is 7.11 Å². The number of hydrogen-bond acceptors (Lipinski definition) is 4. The summed E-state index contributed by atoms with van der Waals surface area (Å²) in [6.45, 7) is 2.17. The van der Waals surface area contributed by atoms with Crippen molar-refractivity contribution in [3.63, 3.8) is 0 Å². The van der Waals surface area contributed by atoms with Crippen LogP contribution in [0.25, 0.3) is 0 Å². The number of β-amino-alcohol motifs (C(OH)–C–C–N with tert-alkyl or cyclic N) is 1. The standard InChI is InChI=1S/C9H18N2O4/c1-15-8-6-11(4-5-12)3-2-7(8)10-9(13)14/h7-8,10,12H,2-6H2,1H3,(H,13,14)/t7-,8-/m0/s1. The van der Waals surface area contributed by atoms with Crippen LogP contribution >= 0.6 is 0 Å². The molecule has 0 saturated carbocycles. The van der Waals surface area contributed by atoms with Crippen molar-refractivity contribution in [1.29, 1.82) is 0 Å². The van der Waals surface area contributed by atoms with Crippen LogP contribution in [-0.4, -0.2) is 66.7 Å². The van der Waals surface area contributed by atoms with Crippen molar-refractivity contribution in [2.24, 2.45) is 0 Å². The number of likely N-dealkylation sites (tertiary alicyclic amines) is 1. The number of aliphatic hydroxyl groups excluding tert-OH is 1. The molecule has 88 valence electrons. The number of carbonyl (C=O) groups is 1. The monoisotopic (exact) mass is 218 g/mol. The zero-order valence-corrected chi connectivity index (χ0v) is 8.85. The maximum atomic E-state index is 10.5. The molecular formula is C9H18N2O4. The van der Waals surface area contributed by atoms with E-state index in [-0.39, 0.29) is 18.8 Å². The second-order valence-corrected chi connectivity index (χ2v) is 3.64. The third kappa shape index (κ3) is 3.65. The molecule has 0 radical (unpaired) electrons. The van der Waals surface area contributed by atoms with E-state index in [0.29, 0.717) is 19.5 Å². The summed E-state index contributed by atoms with van der Waals surface area (Å²) < 4.78 is 5.23. The predicted octanol–water partition coefficient (Wildman–Crippen LogP) is -0.664. The van der Waals surface area contributed by atoms with Crippen LogP contribution in [0.5, 0.6) is 0 Å². The Balaban J connectivity index is 2.45. The summed E-state index contributed by atoms with van der Waals surface area (Å²) in [5.41, 5.74) is 0. The van der Waals surface area contributed by atoms with Gasteiger partial charge in [0.1, 0.15) is 0 Å². The van der Waals surface area contributed by atoms with Gasteiger partial charge in [-0.3, -0.25) is 4.90 Å². The first kappa shape index (κ1) is 12.2. The van der Waals surface area contributed by atoms with Crippen molar-refractivity contribution in [3.8, 4) is 0 Å². The molecule has 1 aliphatic rings. The van der Waals surface area contributed by atoms with E-state index >= 15 is 0 Å². The van der Waals surface area contributed by atoms with Gasteiger partial charge in [0.2, 0.25) is 0 Å². The van der Waals surface area contributed by atoms with Crippen LogP contribution in [0.3, 0.4) is 0 Å². The van der Waals surface area contributed by atoms with Crippen LogP contribution in [0.4, 0.5) is 4.79 Å². The molecular weight excluding hydrogens is 200 g/mol. The largest absolute Gasteiger partial charge is 0.465 e. The topological polar surface area (TPSA) is 82.0 Å². The Bertz CT molecular complexity index is 212. The SMILES string of the molecule is CO[C@H]1CN(CCO)CC[C@@H]1NC(=O)O. The Hall–Kier alpha value is -0.850. The molecule has 6 nitrogen and oxygen atoms in total. The van der Waals surface area contributed by atoms with Crippen molar-refractivity contribution in [1.82, 2.24) is 10.2 Å². The first-order chi connectivity index (χ1) is 7.17. The van der Waals surface area contributed by atoms with Gasteiger partial charge in [0.15, 0.2) is 0 Å². The van der Waals surface area contributed by atoms with Gasteiger partial charge < -0.3 is 20.3 Å². The molecule has 0 aromatic heterocycles. The smallest absolute Gasteiger partial charge is 0.404 e. The highest BCUT2D eigenvalue weighted by Gasteiger charge is 2.29. The first-order valence-corrected chi connectivity index (χ1v) is 5.03. The molecule has 1 saturated heterocycles. The number of ether oxygens (including phenoxy) is 1. The van der Waals surface area contributed by atoms with Crippen LogP contribution in [0.2, 0.25) is 0 Å². The first-order valence-electron chi connectivity index (χ1n) is 5.03. The number of nitrogens with zero attached hydrogens (tertiary/aromatic N) is 1. The number of rotatable bonds is 4. The lowest BCUT2D eigenvalue weighted by Gasteiger charge is -2.37. The minimum absolute atomic E-state index is 0.119. The number of piperidine rings is 1. The average Bonchev–Trinajstić information content (AvgIpc) is 2.20. The van der Waals surface area contributed by atoms with Gasteiger partial charge in [0, 0.05) is 26.7 Å². The fourth-order valence-corrected chi connectivity index (χ4v) is 1.89. The van der Waals surface area contributed by atoms with Gasteiger partial charge in [-0.15, -0.1) is 0 Å². The average molecular weight is 218 g/mol. The highest BCUT2D eigenvalue weighted by Crippen LogP contribution is 2.13. The lowest BCUT2D eigenvalue weighted by atomic mass is 10.0. The molecule has 0 aromatic rings. The fraction of sp³-hybridized carbons (Fsp3) is 0.889. The number of amides is 1. The van der Waals surface area contributed by atoms with Gasteiger partial charge >= 0.3 is 6.09 Å². The number of aliphatic hydroxyl groups is 1. The third-order valence-corrected chi connectivity index (χ3v) is 2.67. The molecule has 3 N–H and O–H groups in total. The molecule has 1 fully saturated rings. The molecule has 0 spiro atoms. The van der Waals surface area contributed by atoms with E-state index < -0.39 is 6.09 Å². The number of nitrogens with one attached hydrogen (secondary N) is 1. The molecule has 15 heavy (non-hydrogen) atoms. The summed E-state index contributed by atoms with van der Waals surface area (Å²) in [5, 5.41) is 19.9. The Kier molecular flexibility index (Phi) is 4.80. The summed E-state index contributed by atoms with van der Waals surface area (Å²) in [5.74, 6) is 0. The quantitative estimate of drug-likeness (QED) is 0.583. The predicted molar refractivity (Wildman–Crippen MR) is 53.9 cm³/mol. The van der Waals surface area contributed by atoms with Gasteiger partial charge in [0.05, 0.1) is 18.8 Å². The van der Waals surface area contributed by atoms with E-state index in [1.165, 1.54) is 0 Å². The van der Waals surface area contributed by atoms with Crippen LogP contribution < -0.4 is 5.32 Å². The Labute approximate surface area is 88.8 Å². The van der Waals surface area contributed by atoms with Crippen molar-refractivity contribution in [2.45, 2.75) is 18.6 Å². The molecule has 0 bridgehead atoms. The van der Waals surface area contributed by atoms with Gasteiger partial charge in [0.25, 0.3) is 0 Å². The molecule has 1 heterocycles. The fourth-order valence-electron chi connectivity index (χ4n) is 1.89. The van der Waals surface area contributed by atoms with Crippen LogP contribution in [0.1, 0.15) is 6.42 Å². The number of hydrogen-bond donors (Lipinski definition) is 3. The van der Waals surface area contributed by atoms with Crippen molar-refractivity contribution < 1.29 is 19.7 Å². The van der Waals surface area contributed by atoms with Gasteiger partial charge in [-0.2, -0.15) is 0 Å². The number of carboxylic acid groups (broad SMARTS) is 1. The maximum absolute atomic E-state index is 10.5. The molecule has 0 aromatic carbocycles. The van der Waals surface area contributed by atoms with E-state index in [0.717, 1.165) is 6.54 Å². The van der Waals surface area contributed by atoms with E-state index in [2.05, 4.69) is 10.2 Å². The lowest BCUT2D eigenvalue weighted by molar-refractivity contribution is 0.00273. The molecule has 1 rings (SSSR count). The minimum Gasteiger partial charge on any atom is -0.465 e. The molecule has 6 heteroatoms. The normalized spacial score (nSPS) is 27.6. The third-order valence-electron chi connectivity index (χ3n) is 2.67. The van der Waals surface area contributed by atoms with E-state index in [1.807, 2.05) is 0 Å². The summed E-state index contributed by atoms with van der Waals surface area (Å²) in [4.78, 5) is 12.6. The van der Waals surface area contributed by atoms with Gasteiger partial charge in [-0.1, -0.05) is 0 Å². The number of methoxy groups -OCH3 is 1. The highest BCUT2D eigenvalue weighted by atomic mass is 16.5. The molecule has 0 aliphatic carbocycles. The Morgan fingerprint density at radius 1 is 1.67 bits per heavy atom. The highest BCUT2D eigenvalue weighted by molar-refractivity contribution is 5.64. The summed E-state index contributed by atoms with van der Waals surface area (Å²) in [7, 11) is 1.57. The van der Waals surface area contributed by atoms with E-state index in [9.17, 15) is 4.79 Å². The van der Waals surface area contributed by atoms with E-state index in [4.69, 9.17) is 14.9 Å². The van der Waals surface area contributed by atoms with Gasteiger partial charge in [-0.05, 0) is 6.42 Å². The summed E-state index contributed by atoms with van der Waals surface area (Å²) in [6.07, 6.45) is -0.441. The molecule has 1 aliphatic heterocycles. The van der Waals surface area contributed by atoms with Crippen molar-refractivity contribution in [3.05, 3.63) is 0 Å². The zero-order valence-electron chi connectivity index (χ0n) is 8.85. The lowest BCUT2D eigenvalue weighted by Crippen LogP contribution is -2.54. The van der Waals surface area contributed by atoms with Gasteiger partial charge in [-0.25, -0.2) is 4.79 Å². The van der Waals surface area contributed by atoms with Crippen molar-refractivity contribution >= 4 is 6.09 Å². The Morgan fingerprint density at radius 2 is 2.40 bits per heavy atom. The molecule has 1 amide bonds. The summed E-state index contributed by atoms with van der Waals surface area (Å²) in [6, 6.07) is -0.151. The Morgan fingerprint density at radius 3 is 2.93 bits per heavy atom. The van der Waals surface area contributed by atoms with Crippen LogP contribution in [-0.2, 0) is 4.74 Å². The zero-order chi connectivity index (χ0) is 11.3. The second kappa shape index (κ2) is 5.89. The van der Waals surface area contributed by atoms with Crippen molar-refractivity contribution in [2.75, 3.05) is 33.4 Å². The van der Waals surface area contributed by atoms with Crippen LogP contribution in [0.15, 0.2) is 0 Å². The minimum atomic E-state index is -1.02. The summed E-state index contributed by atoms with van der Waals surface area (Å²) >= 11 is 0.